The fourth-order valence-electron chi connectivity index (χ4n) is 4.76. The monoisotopic (exact) mass is 539 g/mol. The lowest BCUT2D eigenvalue weighted by atomic mass is 9.81. The van der Waals surface area contributed by atoms with E-state index in [1.54, 1.807) is 52.1 Å². The summed E-state index contributed by atoms with van der Waals surface area (Å²) in [5, 5.41) is 0. The molecular formula is C33H33NO6. The second kappa shape index (κ2) is 11.6. The molecule has 3 aromatic rings. The maximum atomic E-state index is 14.1. The van der Waals surface area contributed by atoms with Crippen LogP contribution in [0.2, 0.25) is 0 Å². The van der Waals surface area contributed by atoms with Crippen molar-refractivity contribution in [1.82, 2.24) is 0 Å². The van der Waals surface area contributed by atoms with Crippen molar-refractivity contribution in [1.29, 1.82) is 0 Å². The number of fused-ring (bicyclic) bond motifs is 1. The van der Waals surface area contributed by atoms with Gasteiger partial charge in [0.2, 0.25) is 0 Å². The van der Waals surface area contributed by atoms with Crippen molar-refractivity contribution in [2.45, 2.75) is 38.7 Å². The molecule has 0 bridgehead atoms. The molecular weight excluding hydrogens is 506 g/mol. The van der Waals surface area contributed by atoms with E-state index in [2.05, 4.69) is 6.58 Å². The van der Waals surface area contributed by atoms with Crippen LogP contribution in [-0.2, 0) is 19.1 Å². The van der Waals surface area contributed by atoms with Gasteiger partial charge < -0.3 is 14.2 Å². The molecule has 0 radical (unpaired) electrons. The number of hydrogen-bond acceptors (Lipinski definition) is 6. The Labute approximate surface area is 234 Å². The molecule has 1 aliphatic rings. The van der Waals surface area contributed by atoms with Gasteiger partial charge in [0, 0.05) is 17.1 Å². The second-order valence-corrected chi connectivity index (χ2v) is 10.4. The highest BCUT2D eigenvalue weighted by Gasteiger charge is 2.41. The molecule has 0 N–H and O–H groups in total. The zero-order chi connectivity index (χ0) is 29.0. The predicted octanol–water partition coefficient (Wildman–Crippen LogP) is 6.79. The number of amides is 2. The molecule has 7 heteroatoms. The largest absolute Gasteiger partial charge is 0.497 e. The Bertz CT molecular complexity index is 1460. The topological polar surface area (TPSA) is 82.1 Å². The van der Waals surface area contributed by atoms with Crippen LogP contribution in [0, 0.1) is 0 Å². The second-order valence-electron chi connectivity index (χ2n) is 10.4. The van der Waals surface area contributed by atoms with Gasteiger partial charge in [-0.3, -0.25) is 4.79 Å². The van der Waals surface area contributed by atoms with Crippen LogP contribution in [0.1, 0.15) is 49.8 Å². The Hall–Kier alpha value is -4.65. The van der Waals surface area contributed by atoms with Gasteiger partial charge in [-0.2, -0.15) is 0 Å². The normalized spacial score (nSPS) is 14.7. The molecule has 0 spiro atoms. The number of ether oxygens (including phenoxy) is 3. The number of anilines is 1. The minimum Gasteiger partial charge on any atom is -0.497 e. The van der Waals surface area contributed by atoms with Crippen molar-refractivity contribution >= 4 is 34.8 Å². The van der Waals surface area contributed by atoms with Crippen molar-refractivity contribution in [2.24, 2.45) is 0 Å². The molecule has 3 aromatic carbocycles. The number of hydrogen-bond donors (Lipinski definition) is 0. The van der Waals surface area contributed by atoms with Crippen LogP contribution in [0.3, 0.4) is 0 Å². The molecule has 7 nitrogen and oxygen atoms in total. The minimum atomic E-state index is -0.797. The summed E-state index contributed by atoms with van der Waals surface area (Å²) in [5.74, 6) is -0.896. The van der Waals surface area contributed by atoms with E-state index in [1.165, 1.54) is 7.11 Å². The van der Waals surface area contributed by atoms with E-state index in [0.717, 1.165) is 16.0 Å². The van der Waals surface area contributed by atoms with Gasteiger partial charge in [-0.1, -0.05) is 67.2 Å². The van der Waals surface area contributed by atoms with Gasteiger partial charge in [-0.05, 0) is 62.1 Å². The lowest BCUT2D eigenvalue weighted by Gasteiger charge is -2.24. The Balaban J connectivity index is 1.95. The molecule has 1 aliphatic heterocycles. The Morgan fingerprint density at radius 3 is 2.12 bits per heavy atom. The van der Waals surface area contributed by atoms with E-state index in [4.69, 9.17) is 14.2 Å². The Morgan fingerprint density at radius 2 is 1.52 bits per heavy atom. The third kappa shape index (κ3) is 5.83. The zero-order valence-corrected chi connectivity index (χ0v) is 23.4. The molecule has 1 atom stereocenters. The number of carbonyl (C=O) groups is 3. The summed E-state index contributed by atoms with van der Waals surface area (Å²) in [4.78, 5) is 41.2. The number of imide groups is 1. The molecule has 1 unspecified atom stereocenters. The van der Waals surface area contributed by atoms with Gasteiger partial charge in [-0.25, -0.2) is 14.5 Å². The van der Waals surface area contributed by atoms with E-state index in [0.29, 0.717) is 28.1 Å². The van der Waals surface area contributed by atoms with Gasteiger partial charge in [0.1, 0.15) is 11.4 Å². The van der Waals surface area contributed by atoms with E-state index in [-0.39, 0.29) is 12.0 Å². The number of rotatable bonds is 7. The van der Waals surface area contributed by atoms with Crippen molar-refractivity contribution in [3.8, 4) is 5.75 Å². The number of benzene rings is 3. The molecule has 40 heavy (non-hydrogen) atoms. The number of carbonyl (C=O) groups excluding carboxylic acids is 3. The zero-order valence-electron chi connectivity index (χ0n) is 23.4. The van der Waals surface area contributed by atoms with Crippen LogP contribution in [0.5, 0.6) is 5.75 Å². The highest BCUT2D eigenvalue weighted by Crippen LogP contribution is 2.45. The third-order valence-electron chi connectivity index (χ3n) is 6.63. The SMILES string of the molecule is C=C(C(=O)OC)C(C/C(=C1/C(=O)N(C(=O)OC(C)(C)C)c2ccccc21)c1ccc(OC)cc1)c1ccccc1. The van der Waals surface area contributed by atoms with Crippen molar-refractivity contribution < 1.29 is 28.6 Å². The van der Waals surface area contributed by atoms with E-state index in [9.17, 15) is 14.4 Å². The summed E-state index contributed by atoms with van der Waals surface area (Å²) in [6, 6.07) is 23.9. The van der Waals surface area contributed by atoms with Crippen LogP contribution >= 0.6 is 0 Å². The van der Waals surface area contributed by atoms with E-state index in [1.807, 2.05) is 54.6 Å². The summed E-state index contributed by atoms with van der Waals surface area (Å²) < 4.78 is 16.0. The maximum Gasteiger partial charge on any atom is 0.422 e. The first-order valence-corrected chi connectivity index (χ1v) is 12.9. The van der Waals surface area contributed by atoms with Crippen LogP contribution in [0.15, 0.2) is 91.0 Å². The Kier molecular flexibility index (Phi) is 8.24. The van der Waals surface area contributed by atoms with Crippen molar-refractivity contribution in [2.75, 3.05) is 19.1 Å². The molecule has 2 amide bonds. The highest BCUT2D eigenvalue weighted by molar-refractivity contribution is 6.43. The van der Waals surface area contributed by atoms with Gasteiger partial charge in [-0.15, -0.1) is 0 Å². The predicted molar refractivity (Wildman–Crippen MR) is 155 cm³/mol. The first-order valence-electron chi connectivity index (χ1n) is 12.9. The third-order valence-corrected chi connectivity index (χ3v) is 6.63. The van der Waals surface area contributed by atoms with Crippen molar-refractivity contribution in [3.05, 3.63) is 108 Å². The Morgan fingerprint density at radius 1 is 0.900 bits per heavy atom. The van der Waals surface area contributed by atoms with E-state index >= 15 is 0 Å². The van der Waals surface area contributed by atoms with Crippen molar-refractivity contribution in [3.63, 3.8) is 0 Å². The van der Waals surface area contributed by atoms with Gasteiger partial charge in [0.05, 0.1) is 25.5 Å². The molecule has 0 aromatic heterocycles. The average Bonchev–Trinajstić information content (AvgIpc) is 3.24. The van der Waals surface area contributed by atoms with Gasteiger partial charge in [0.25, 0.3) is 5.91 Å². The van der Waals surface area contributed by atoms with Crippen LogP contribution < -0.4 is 9.64 Å². The summed E-state index contributed by atoms with van der Waals surface area (Å²) in [6.45, 7) is 9.31. The first-order chi connectivity index (χ1) is 19.1. The fraction of sp³-hybridized carbons (Fsp3) is 0.242. The minimum absolute atomic E-state index is 0.238. The van der Waals surface area contributed by atoms with Crippen LogP contribution in [-0.4, -0.2) is 37.8 Å². The van der Waals surface area contributed by atoms with E-state index < -0.39 is 29.5 Å². The maximum absolute atomic E-state index is 14.1. The lowest BCUT2D eigenvalue weighted by molar-refractivity contribution is -0.136. The summed E-state index contributed by atoms with van der Waals surface area (Å²) in [6.07, 6.45) is -0.519. The number of para-hydroxylation sites is 1. The number of methoxy groups -OCH3 is 2. The van der Waals surface area contributed by atoms with Gasteiger partial charge in [0.15, 0.2) is 0 Å². The molecule has 0 fully saturated rings. The number of esters is 1. The smallest absolute Gasteiger partial charge is 0.422 e. The molecule has 1 heterocycles. The molecule has 0 saturated carbocycles. The molecule has 4 rings (SSSR count). The lowest BCUT2D eigenvalue weighted by Crippen LogP contribution is -2.38. The molecule has 0 saturated heterocycles. The average molecular weight is 540 g/mol. The fourth-order valence-corrected chi connectivity index (χ4v) is 4.76. The molecule has 0 aliphatic carbocycles. The number of nitrogens with zero attached hydrogens (tertiary/aromatic N) is 1. The standard InChI is InChI=1S/C33H33NO6/c1-21(31(36)39-6)26(22-12-8-7-9-13-22)20-27(23-16-18-24(38-5)19-17-23)29-25-14-10-11-15-28(25)34(30(29)35)32(37)40-33(2,3)4/h7-19,26H,1,20H2,2-6H3/b29-27-. The first kappa shape index (κ1) is 28.4. The van der Waals surface area contributed by atoms with Crippen LogP contribution in [0.4, 0.5) is 10.5 Å². The summed E-state index contributed by atoms with van der Waals surface area (Å²) in [7, 11) is 2.89. The van der Waals surface area contributed by atoms with Crippen LogP contribution in [0.25, 0.3) is 11.1 Å². The summed E-state index contributed by atoms with van der Waals surface area (Å²) in [5.41, 5.74) is 3.06. The number of allylic oxidation sites excluding steroid dienone is 1. The quantitative estimate of drug-likeness (QED) is 0.243. The summed E-state index contributed by atoms with van der Waals surface area (Å²) >= 11 is 0. The molecule has 206 valence electrons. The van der Waals surface area contributed by atoms with Gasteiger partial charge >= 0.3 is 12.1 Å². The highest BCUT2D eigenvalue weighted by atomic mass is 16.6.